The number of hydrogen-bond acceptors (Lipinski definition) is 4. The standard InChI is InChI=1S/C17H19NO3/c1-11-5-6-16(13(3)19)17(7-11)21-10-14-9-15(20-4)8-12(2)18-14/h5-9H,10H2,1-4H3. The molecule has 0 aliphatic carbocycles. The monoisotopic (exact) mass is 285 g/mol. The van der Waals surface area contributed by atoms with E-state index in [0.717, 1.165) is 22.7 Å². The van der Waals surface area contributed by atoms with Crippen molar-refractivity contribution in [2.24, 2.45) is 0 Å². The Bertz CT molecular complexity index is 665. The van der Waals surface area contributed by atoms with Gasteiger partial charge in [0.15, 0.2) is 5.78 Å². The van der Waals surface area contributed by atoms with Crippen LogP contribution in [0.4, 0.5) is 0 Å². The van der Waals surface area contributed by atoms with E-state index in [9.17, 15) is 4.79 Å². The van der Waals surface area contributed by atoms with Crippen LogP contribution in [0.3, 0.4) is 0 Å². The summed E-state index contributed by atoms with van der Waals surface area (Å²) in [7, 11) is 1.62. The molecule has 0 saturated carbocycles. The van der Waals surface area contributed by atoms with Crippen LogP contribution in [-0.4, -0.2) is 17.9 Å². The average Bonchev–Trinajstić information content (AvgIpc) is 2.44. The molecule has 2 aromatic rings. The molecule has 0 saturated heterocycles. The number of nitrogens with zero attached hydrogens (tertiary/aromatic N) is 1. The Morgan fingerprint density at radius 1 is 1.19 bits per heavy atom. The lowest BCUT2D eigenvalue weighted by molar-refractivity contribution is 0.101. The smallest absolute Gasteiger partial charge is 0.163 e. The van der Waals surface area contributed by atoms with Crippen molar-refractivity contribution in [3.63, 3.8) is 0 Å². The van der Waals surface area contributed by atoms with Gasteiger partial charge in [-0.1, -0.05) is 6.07 Å². The molecular formula is C17H19NO3. The van der Waals surface area contributed by atoms with Crippen LogP contribution in [0.15, 0.2) is 30.3 Å². The lowest BCUT2D eigenvalue weighted by atomic mass is 10.1. The normalized spacial score (nSPS) is 10.3. The number of carbonyl (C=O) groups is 1. The average molecular weight is 285 g/mol. The van der Waals surface area contributed by atoms with Crippen LogP contribution < -0.4 is 9.47 Å². The zero-order valence-electron chi connectivity index (χ0n) is 12.8. The van der Waals surface area contributed by atoms with Crippen LogP contribution in [0.5, 0.6) is 11.5 Å². The SMILES string of the molecule is COc1cc(C)nc(COc2cc(C)ccc2C(C)=O)c1. The Balaban J connectivity index is 2.22. The number of rotatable bonds is 5. The zero-order chi connectivity index (χ0) is 15.4. The van der Waals surface area contributed by atoms with E-state index in [1.165, 1.54) is 6.92 Å². The van der Waals surface area contributed by atoms with Crippen molar-refractivity contribution >= 4 is 5.78 Å². The second-order valence-electron chi connectivity index (χ2n) is 4.98. The number of hydrogen-bond donors (Lipinski definition) is 0. The summed E-state index contributed by atoms with van der Waals surface area (Å²) in [5.41, 5.74) is 3.26. The molecule has 0 radical (unpaired) electrons. The molecule has 2 rings (SSSR count). The minimum Gasteiger partial charge on any atom is -0.497 e. The van der Waals surface area contributed by atoms with Gasteiger partial charge in [-0.2, -0.15) is 0 Å². The van der Waals surface area contributed by atoms with E-state index in [2.05, 4.69) is 4.98 Å². The van der Waals surface area contributed by atoms with Crippen LogP contribution >= 0.6 is 0 Å². The summed E-state index contributed by atoms with van der Waals surface area (Å²) >= 11 is 0. The molecule has 0 amide bonds. The maximum absolute atomic E-state index is 11.6. The molecule has 1 aromatic heterocycles. The van der Waals surface area contributed by atoms with E-state index in [4.69, 9.17) is 9.47 Å². The highest BCUT2D eigenvalue weighted by Gasteiger charge is 2.10. The van der Waals surface area contributed by atoms with Gasteiger partial charge in [0.25, 0.3) is 0 Å². The molecule has 1 heterocycles. The van der Waals surface area contributed by atoms with E-state index in [-0.39, 0.29) is 5.78 Å². The minimum atomic E-state index is -0.0141. The van der Waals surface area contributed by atoms with Crippen LogP contribution in [0.2, 0.25) is 0 Å². The van der Waals surface area contributed by atoms with E-state index in [1.54, 1.807) is 13.2 Å². The highest BCUT2D eigenvalue weighted by molar-refractivity contribution is 5.96. The van der Waals surface area contributed by atoms with Crippen molar-refractivity contribution in [1.29, 1.82) is 0 Å². The van der Waals surface area contributed by atoms with Crippen molar-refractivity contribution in [1.82, 2.24) is 4.98 Å². The van der Waals surface area contributed by atoms with Gasteiger partial charge in [0.1, 0.15) is 18.1 Å². The highest BCUT2D eigenvalue weighted by atomic mass is 16.5. The van der Waals surface area contributed by atoms with Crippen LogP contribution in [0.1, 0.15) is 34.2 Å². The number of methoxy groups -OCH3 is 1. The fraction of sp³-hybridized carbons (Fsp3) is 0.294. The molecule has 0 atom stereocenters. The van der Waals surface area contributed by atoms with Gasteiger partial charge in [0.05, 0.1) is 18.4 Å². The molecule has 0 fully saturated rings. The van der Waals surface area contributed by atoms with Gasteiger partial charge in [0.2, 0.25) is 0 Å². The molecule has 110 valence electrons. The number of pyridine rings is 1. The third-order valence-electron chi connectivity index (χ3n) is 3.11. The molecule has 0 unspecified atom stereocenters. The molecule has 0 aliphatic heterocycles. The molecule has 4 heteroatoms. The Labute approximate surface area is 124 Å². The van der Waals surface area contributed by atoms with Crippen molar-refractivity contribution < 1.29 is 14.3 Å². The van der Waals surface area contributed by atoms with Gasteiger partial charge in [-0.25, -0.2) is 0 Å². The minimum absolute atomic E-state index is 0.0141. The lowest BCUT2D eigenvalue weighted by Crippen LogP contribution is -2.04. The van der Waals surface area contributed by atoms with E-state index >= 15 is 0 Å². The summed E-state index contributed by atoms with van der Waals surface area (Å²) in [6.45, 7) is 5.69. The number of aromatic nitrogens is 1. The summed E-state index contributed by atoms with van der Waals surface area (Å²) in [6.07, 6.45) is 0. The fourth-order valence-electron chi connectivity index (χ4n) is 2.09. The Morgan fingerprint density at radius 2 is 1.95 bits per heavy atom. The van der Waals surface area contributed by atoms with Gasteiger partial charge in [-0.05, 0) is 38.5 Å². The Hall–Kier alpha value is -2.36. The van der Waals surface area contributed by atoms with Gasteiger partial charge in [0, 0.05) is 17.8 Å². The number of aryl methyl sites for hydroxylation is 2. The lowest BCUT2D eigenvalue weighted by Gasteiger charge is -2.11. The molecule has 0 aliphatic rings. The first-order valence-electron chi connectivity index (χ1n) is 6.75. The first-order chi connectivity index (χ1) is 9.99. The predicted octanol–water partition coefficient (Wildman–Crippen LogP) is 3.49. The third-order valence-corrected chi connectivity index (χ3v) is 3.11. The maximum Gasteiger partial charge on any atom is 0.163 e. The number of carbonyl (C=O) groups excluding carboxylic acids is 1. The van der Waals surface area contributed by atoms with Gasteiger partial charge in [-0.15, -0.1) is 0 Å². The first kappa shape index (κ1) is 15.0. The summed E-state index contributed by atoms with van der Waals surface area (Å²) in [5, 5.41) is 0. The molecule has 21 heavy (non-hydrogen) atoms. The Morgan fingerprint density at radius 3 is 2.62 bits per heavy atom. The third kappa shape index (κ3) is 3.81. The van der Waals surface area contributed by atoms with Crippen LogP contribution in [0.25, 0.3) is 0 Å². The van der Waals surface area contributed by atoms with Crippen LogP contribution in [0, 0.1) is 13.8 Å². The summed E-state index contributed by atoms with van der Waals surface area (Å²) in [4.78, 5) is 16.0. The van der Waals surface area contributed by atoms with Crippen LogP contribution in [-0.2, 0) is 6.61 Å². The molecule has 0 bridgehead atoms. The second-order valence-corrected chi connectivity index (χ2v) is 4.98. The van der Waals surface area contributed by atoms with E-state index < -0.39 is 0 Å². The number of ether oxygens (including phenoxy) is 2. The summed E-state index contributed by atoms with van der Waals surface area (Å²) in [6, 6.07) is 9.24. The number of benzene rings is 1. The predicted molar refractivity (Wildman–Crippen MR) is 81.0 cm³/mol. The van der Waals surface area contributed by atoms with Crippen molar-refractivity contribution in [2.45, 2.75) is 27.4 Å². The molecule has 1 aromatic carbocycles. The van der Waals surface area contributed by atoms with E-state index in [0.29, 0.717) is 17.9 Å². The molecular weight excluding hydrogens is 266 g/mol. The van der Waals surface area contributed by atoms with Crippen molar-refractivity contribution in [3.05, 3.63) is 52.8 Å². The molecule has 0 N–H and O–H groups in total. The van der Waals surface area contributed by atoms with Crippen molar-refractivity contribution in [3.8, 4) is 11.5 Å². The van der Waals surface area contributed by atoms with Gasteiger partial charge in [-0.3, -0.25) is 9.78 Å². The van der Waals surface area contributed by atoms with Gasteiger partial charge >= 0.3 is 0 Å². The Kier molecular flexibility index (Phi) is 4.58. The zero-order valence-corrected chi connectivity index (χ0v) is 12.8. The summed E-state index contributed by atoms with van der Waals surface area (Å²) < 4.78 is 11.0. The second kappa shape index (κ2) is 6.39. The first-order valence-corrected chi connectivity index (χ1v) is 6.75. The van der Waals surface area contributed by atoms with Gasteiger partial charge < -0.3 is 9.47 Å². The largest absolute Gasteiger partial charge is 0.497 e. The number of ketones is 1. The summed E-state index contributed by atoms with van der Waals surface area (Å²) in [5.74, 6) is 1.32. The van der Waals surface area contributed by atoms with E-state index in [1.807, 2.05) is 38.1 Å². The topological polar surface area (TPSA) is 48.4 Å². The number of Topliss-reactive ketones (excluding diaryl/α,β-unsaturated/α-hetero) is 1. The van der Waals surface area contributed by atoms with Crippen molar-refractivity contribution in [2.75, 3.05) is 7.11 Å². The highest BCUT2D eigenvalue weighted by Crippen LogP contribution is 2.22. The maximum atomic E-state index is 11.6. The fourth-order valence-corrected chi connectivity index (χ4v) is 2.09. The quantitative estimate of drug-likeness (QED) is 0.789. The molecule has 0 spiro atoms. The molecule has 4 nitrogen and oxygen atoms in total.